The number of carbonyl (C=O) groups excluding carboxylic acids is 5. The van der Waals surface area contributed by atoms with Gasteiger partial charge < -0.3 is 5.11 Å². The smallest absolute Gasteiger partial charge is 0.253 e. The van der Waals surface area contributed by atoms with E-state index in [4.69, 9.17) is 23.2 Å². The molecule has 0 spiro atoms. The van der Waals surface area contributed by atoms with Gasteiger partial charge in [-0.15, -0.1) is 23.2 Å². The number of alkyl halides is 2. The summed E-state index contributed by atoms with van der Waals surface area (Å²) in [6.45, 7) is 0. The number of aromatic hydroxyl groups is 1. The third-order valence-corrected chi connectivity index (χ3v) is 11.1. The van der Waals surface area contributed by atoms with Gasteiger partial charge in [0, 0.05) is 29.7 Å². The summed E-state index contributed by atoms with van der Waals surface area (Å²) in [5.41, 5.74) is 2.17. The maximum atomic E-state index is 14.2. The molecule has 0 radical (unpaired) electrons. The molecule has 1 saturated carbocycles. The van der Waals surface area contributed by atoms with Crippen molar-refractivity contribution in [1.82, 2.24) is 4.90 Å². The van der Waals surface area contributed by atoms with Gasteiger partial charge in [0.1, 0.15) is 5.75 Å². The summed E-state index contributed by atoms with van der Waals surface area (Å²) in [6.07, 6.45) is 1.88. The Hall–Kier alpha value is -4.27. The summed E-state index contributed by atoms with van der Waals surface area (Å²) in [5.74, 6) is -5.86. The molecule has 2 heterocycles. The highest BCUT2D eigenvalue weighted by atomic mass is 35.5. The van der Waals surface area contributed by atoms with E-state index < -0.39 is 57.0 Å². The molecule has 0 aromatic heterocycles. The van der Waals surface area contributed by atoms with Crippen LogP contribution in [0.25, 0.3) is 0 Å². The summed E-state index contributed by atoms with van der Waals surface area (Å²) in [7, 11) is 1.32. The molecule has 3 aromatic rings. The SMILES string of the molecule is CN1C(=O)[C@]2(Cl)C[C@@H]3C(=CC[C@@H]4C(=O)N(c5ccc(C(=O)c6ccccc6)cc5)C(=O)[C@@H]43)[C@H](c3ccccc3O)[C@]2(Cl)C1=O. The van der Waals surface area contributed by atoms with Gasteiger partial charge in [-0.05, 0) is 49.1 Å². The van der Waals surface area contributed by atoms with Gasteiger partial charge in [-0.3, -0.25) is 33.8 Å². The Morgan fingerprint density at radius 1 is 0.818 bits per heavy atom. The number of phenolic OH excluding ortho intramolecular Hbond substituents is 1. The zero-order chi connectivity index (χ0) is 31.1. The van der Waals surface area contributed by atoms with E-state index in [9.17, 15) is 29.1 Å². The maximum absolute atomic E-state index is 14.2. The molecule has 10 heteroatoms. The number of allylic oxidation sites excluding steroid dienone is 2. The largest absolute Gasteiger partial charge is 0.508 e. The number of phenols is 1. The van der Waals surface area contributed by atoms with Crippen LogP contribution < -0.4 is 4.90 Å². The van der Waals surface area contributed by atoms with Crippen LogP contribution in [0.15, 0.2) is 90.5 Å². The Morgan fingerprint density at radius 2 is 1.45 bits per heavy atom. The molecule has 0 bridgehead atoms. The molecule has 2 saturated heterocycles. The summed E-state index contributed by atoms with van der Waals surface area (Å²) >= 11 is 14.3. The predicted molar refractivity (Wildman–Crippen MR) is 162 cm³/mol. The van der Waals surface area contributed by atoms with E-state index >= 15 is 0 Å². The van der Waals surface area contributed by atoms with E-state index in [-0.39, 0.29) is 24.4 Å². The summed E-state index contributed by atoms with van der Waals surface area (Å²) in [6, 6.07) is 21.5. The fraction of sp³-hybridized carbons (Fsp3) is 0.265. The minimum atomic E-state index is -1.96. The molecule has 6 atom stereocenters. The zero-order valence-corrected chi connectivity index (χ0v) is 25.0. The Balaban J connectivity index is 1.28. The summed E-state index contributed by atoms with van der Waals surface area (Å²) < 4.78 is 0. The van der Waals surface area contributed by atoms with Gasteiger partial charge in [0.25, 0.3) is 11.8 Å². The number of anilines is 1. The van der Waals surface area contributed by atoms with E-state index in [0.29, 0.717) is 28.0 Å². The van der Waals surface area contributed by atoms with Gasteiger partial charge in [-0.25, -0.2) is 0 Å². The minimum Gasteiger partial charge on any atom is -0.508 e. The maximum Gasteiger partial charge on any atom is 0.253 e. The van der Waals surface area contributed by atoms with Crippen LogP contribution in [0.2, 0.25) is 0 Å². The second-order valence-electron chi connectivity index (χ2n) is 11.8. The summed E-state index contributed by atoms with van der Waals surface area (Å²) in [5, 5.41) is 10.9. The van der Waals surface area contributed by atoms with Crippen LogP contribution in [-0.2, 0) is 19.2 Å². The fourth-order valence-corrected chi connectivity index (χ4v) is 8.60. The number of para-hydroxylation sites is 1. The first-order valence-electron chi connectivity index (χ1n) is 14.3. The number of carbonyl (C=O) groups is 5. The van der Waals surface area contributed by atoms with Crippen LogP contribution in [-0.4, -0.2) is 56.2 Å². The number of hydrogen-bond acceptors (Lipinski definition) is 6. The standard InChI is InChI=1S/C34H26Cl2N2O6/c1-37-31(43)33(35)17-24-21(27(34(33,36)32(37)44)22-9-5-6-10-25(22)39)15-16-23-26(24)30(42)38(29(23)41)20-13-11-19(12-14-20)28(40)18-7-3-2-4-8-18/h2-15,23-24,26-27,39H,16-17H2,1H3/t23-,24+,26-,27+,33+,34-/m0/s1. The molecule has 2 aliphatic carbocycles. The lowest BCUT2D eigenvalue weighted by molar-refractivity contribution is -0.138. The van der Waals surface area contributed by atoms with E-state index in [0.717, 1.165) is 9.80 Å². The van der Waals surface area contributed by atoms with E-state index in [1.807, 2.05) is 12.1 Å². The molecule has 0 unspecified atom stereocenters. The number of imide groups is 2. The van der Waals surface area contributed by atoms with Crippen molar-refractivity contribution in [3.63, 3.8) is 0 Å². The van der Waals surface area contributed by atoms with Crippen LogP contribution in [0.3, 0.4) is 0 Å². The van der Waals surface area contributed by atoms with Crippen LogP contribution in [0.5, 0.6) is 5.75 Å². The molecule has 2 aliphatic heterocycles. The van der Waals surface area contributed by atoms with E-state index in [1.165, 1.54) is 13.1 Å². The molecule has 222 valence electrons. The number of likely N-dealkylation sites (tertiary alicyclic amines) is 1. The number of hydrogen-bond donors (Lipinski definition) is 1. The molecule has 1 N–H and O–H groups in total. The van der Waals surface area contributed by atoms with Gasteiger partial charge in [-0.2, -0.15) is 0 Å². The minimum absolute atomic E-state index is 0.129. The third kappa shape index (κ3) is 3.67. The van der Waals surface area contributed by atoms with Crippen molar-refractivity contribution in [3.8, 4) is 5.75 Å². The number of amides is 4. The first-order valence-corrected chi connectivity index (χ1v) is 15.0. The predicted octanol–water partition coefficient (Wildman–Crippen LogP) is 4.82. The molecular weight excluding hydrogens is 603 g/mol. The first-order chi connectivity index (χ1) is 21.0. The van der Waals surface area contributed by atoms with Gasteiger partial charge in [0.05, 0.1) is 17.5 Å². The molecule has 4 amide bonds. The second kappa shape index (κ2) is 9.87. The van der Waals surface area contributed by atoms with Gasteiger partial charge in [-0.1, -0.05) is 60.2 Å². The van der Waals surface area contributed by atoms with Crippen LogP contribution in [0, 0.1) is 17.8 Å². The van der Waals surface area contributed by atoms with Crippen molar-refractivity contribution in [1.29, 1.82) is 0 Å². The number of fused-ring (bicyclic) bond motifs is 4. The highest BCUT2D eigenvalue weighted by Gasteiger charge is 2.76. The number of benzene rings is 3. The molecular formula is C34H26Cl2N2O6. The number of halogens is 2. The Morgan fingerprint density at radius 3 is 2.14 bits per heavy atom. The topological polar surface area (TPSA) is 112 Å². The van der Waals surface area contributed by atoms with Crippen molar-refractivity contribution < 1.29 is 29.1 Å². The van der Waals surface area contributed by atoms with Crippen molar-refractivity contribution in [2.45, 2.75) is 28.5 Å². The van der Waals surface area contributed by atoms with Gasteiger partial charge in [0.15, 0.2) is 15.5 Å². The van der Waals surface area contributed by atoms with Crippen molar-refractivity contribution in [3.05, 3.63) is 107 Å². The summed E-state index contributed by atoms with van der Waals surface area (Å²) in [4.78, 5) is 66.2. The number of ketones is 1. The van der Waals surface area contributed by atoms with Crippen LogP contribution in [0.4, 0.5) is 5.69 Å². The average Bonchev–Trinajstić information content (AvgIpc) is 3.36. The zero-order valence-electron chi connectivity index (χ0n) is 23.4. The molecule has 4 aliphatic rings. The highest BCUT2D eigenvalue weighted by Crippen LogP contribution is 2.66. The average molecular weight is 629 g/mol. The lowest BCUT2D eigenvalue weighted by Crippen LogP contribution is -2.60. The fourth-order valence-electron chi connectivity index (χ4n) is 7.59. The Labute approximate surface area is 262 Å². The van der Waals surface area contributed by atoms with Gasteiger partial charge >= 0.3 is 0 Å². The highest BCUT2D eigenvalue weighted by molar-refractivity contribution is 6.53. The number of nitrogens with zero attached hydrogens (tertiary/aromatic N) is 2. The molecule has 7 rings (SSSR count). The second-order valence-corrected chi connectivity index (χ2v) is 13.1. The van der Waals surface area contributed by atoms with Gasteiger partial charge in [0.2, 0.25) is 11.8 Å². The first kappa shape index (κ1) is 28.5. The quantitative estimate of drug-likeness (QED) is 0.192. The molecule has 44 heavy (non-hydrogen) atoms. The lowest BCUT2D eigenvalue weighted by atomic mass is 9.56. The van der Waals surface area contributed by atoms with E-state index in [1.54, 1.807) is 66.7 Å². The Bertz CT molecular complexity index is 1810. The van der Waals surface area contributed by atoms with Crippen LogP contribution >= 0.6 is 23.2 Å². The van der Waals surface area contributed by atoms with Crippen molar-refractivity contribution in [2.24, 2.45) is 17.8 Å². The van der Waals surface area contributed by atoms with Crippen LogP contribution in [0.1, 0.15) is 40.2 Å². The van der Waals surface area contributed by atoms with E-state index in [2.05, 4.69) is 0 Å². The monoisotopic (exact) mass is 628 g/mol. The Kier molecular flexibility index (Phi) is 6.39. The molecule has 3 aromatic carbocycles. The van der Waals surface area contributed by atoms with Crippen molar-refractivity contribution >= 4 is 58.3 Å². The number of rotatable bonds is 4. The molecule has 8 nitrogen and oxygen atoms in total. The third-order valence-electron chi connectivity index (χ3n) is 9.69. The normalized spacial score (nSPS) is 31.0. The van der Waals surface area contributed by atoms with Crippen molar-refractivity contribution in [2.75, 3.05) is 11.9 Å². The lowest BCUT2D eigenvalue weighted by Gasteiger charge is -2.50. The molecule has 3 fully saturated rings.